The molecule has 1 fully saturated rings. The molecular weight excluding hydrogens is 341 g/mol. The Hall–Kier alpha value is -1.47. The number of piperazine rings is 1. The van der Waals surface area contributed by atoms with Gasteiger partial charge in [-0.25, -0.2) is 4.39 Å². The summed E-state index contributed by atoms with van der Waals surface area (Å²) in [5.74, 6) is -0.971. The number of benzene rings is 1. The zero-order valence-electron chi connectivity index (χ0n) is 11.9. The highest BCUT2D eigenvalue weighted by atomic mass is 79.9. The van der Waals surface area contributed by atoms with Gasteiger partial charge in [-0.3, -0.25) is 9.59 Å². The maximum absolute atomic E-state index is 13.5. The number of hydrogen-bond donors (Lipinski definition) is 1. The molecule has 0 bridgehead atoms. The Morgan fingerprint density at radius 1 is 1.38 bits per heavy atom. The van der Waals surface area contributed by atoms with Crippen molar-refractivity contribution in [3.63, 3.8) is 0 Å². The van der Waals surface area contributed by atoms with Gasteiger partial charge in [0.05, 0.1) is 0 Å². The molecule has 1 saturated heterocycles. The van der Waals surface area contributed by atoms with Crippen molar-refractivity contribution in [2.24, 2.45) is 0 Å². The largest absolute Gasteiger partial charge is 0.347 e. The molecule has 1 N–H and O–H groups in total. The van der Waals surface area contributed by atoms with Gasteiger partial charge in [0.1, 0.15) is 11.9 Å². The van der Waals surface area contributed by atoms with E-state index in [1.165, 1.54) is 21.9 Å². The van der Waals surface area contributed by atoms with Crippen molar-refractivity contribution in [1.82, 2.24) is 15.1 Å². The second-order valence-corrected chi connectivity index (χ2v) is 6.02. The zero-order chi connectivity index (χ0) is 15.6. The topological polar surface area (TPSA) is 52.7 Å². The summed E-state index contributed by atoms with van der Waals surface area (Å²) in [4.78, 5) is 27.7. The van der Waals surface area contributed by atoms with Crippen molar-refractivity contribution in [2.45, 2.75) is 6.04 Å². The fourth-order valence-electron chi connectivity index (χ4n) is 2.31. The van der Waals surface area contributed by atoms with E-state index < -0.39 is 11.9 Å². The van der Waals surface area contributed by atoms with E-state index in [2.05, 4.69) is 21.2 Å². The third kappa shape index (κ3) is 3.59. The van der Waals surface area contributed by atoms with E-state index in [1.54, 1.807) is 20.2 Å². The standard InChI is InChI=1S/C14H17BrFN3O2/c1-18(2)14(21)12-8-17-3-4-19(12)13(20)9-5-10(15)7-11(16)6-9/h5-7,12,17H,3-4,8H2,1-2H3. The average Bonchev–Trinajstić information content (AvgIpc) is 2.44. The molecule has 1 heterocycles. The van der Waals surface area contributed by atoms with Gasteiger partial charge in [0, 0.05) is 43.8 Å². The molecule has 0 spiro atoms. The quantitative estimate of drug-likeness (QED) is 0.861. The Morgan fingerprint density at radius 2 is 2.10 bits per heavy atom. The average molecular weight is 358 g/mol. The van der Waals surface area contributed by atoms with Gasteiger partial charge in [-0.15, -0.1) is 0 Å². The molecule has 114 valence electrons. The number of nitrogens with one attached hydrogen (secondary N) is 1. The second-order valence-electron chi connectivity index (χ2n) is 5.11. The molecule has 1 aliphatic heterocycles. The van der Waals surface area contributed by atoms with Crippen LogP contribution in [0.3, 0.4) is 0 Å². The number of halogens is 2. The fourth-order valence-corrected chi connectivity index (χ4v) is 2.77. The minimum absolute atomic E-state index is 0.147. The van der Waals surface area contributed by atoms with Gasteiger partial charge in [0.25, 0.3) is 5.91 Å². The van der Waals surface area contributed by atoms with Gasteiger partial charge >= 0.3 is 0 Å². The summed E-state index contributed by atoms with van der Waals surface area (Å²) in [7, 11) is 3.30. The normalized spacial score (nSPS) is 18.5. The van der Waals surface area contributed by atoms with Crippen LogP contribution in [0.4, 0.5) is 4.39 Å². The summed E-state index contributed by atoms with van der Waals surface area (Å²) < 4.78 is 13.9. The van der Waals surface area contributed by atoms with E-state index in [1.807, 2.05) is 0 Å². The molecule has 5 nitrogen and oxygen atoms in total. The van der Waals surface area contributed by atoms with Crippen molar-refractivity contribution in [1.29, 1.82) is 0 Å². The molecule has 0 aromatic heterocycles. The molecule has 7 heteroatoms. The van der Waals surface area contributed by atoms with Crippen LogP contribution in [0.25, 0.3) is 0 Å². The molecule has 1 unspecified atom stereocenters. The van der Waals surface area contributed by atoms with Crippen LogP contribution in [0.5, 0.6) is 0 Å². The number of likely N-dealkylation sites (N-methyl/N-ethyl adjacent to an activating group) is 1. The summed E-state index contributed by atoms with van der Waals surface area (Å²) in [6.45, 7) is 1.43. The molecule has 2 rings (SSSR count). The van der Waals surface area contributed by atoms with Crippen molar-refractivity contribution >= 4 is 27.7 Å². The van der Waals surface area contributed by atoms with Gasteiger partial charge in [-0.1, -0.05) is 15.9 Å². The Kier molecular flexibility index (Phi) is 4.95. The molecule has 0 aliphatic carbocycles. The molecular formula is C14H17BrFN3O2. The van der Waals surface area contributed by atoms with Crippen LogP contribution in [0, 0.1) is 5.82 Å². The molecule has 1 aromatic carbocycles. The van der Waals surface area contributed by atoms with Gasteiger partial charge < -0.3 is 15.1 Å². The molecule has 21 heavy (non-hydrogen) atoms. The van der Waals surface area contributed by atoms with Gasteiger partial charge in [-0.2, -0.15) is 0 Å². The summed E-state index contributed by atoms with van der Waals surface area (Å²) in [6.07, 6.45) is 0. The van der Waals surface area contributed by atoms with Gasteiger partial charge in [-0.05, 0) is 18.2 Å². The predicted molar refractivity (Wildman–Crippen MR) is 80.5 cm³/mol. The number of rotatable bonds is 2. The van der Waals surface area contributed by atoms with Crippen LogP contribution in [0.1, 0.15) is 10.4 Å². The van der Waals surface area contributed by atoms with Crippen molar-refractivity contribution in [3.8, 4) is 0 Å². The first-order valence-electron chi connectivity index (χ1n) is 6.59. The molecule has 0 saturated carbocycles. The minimum Gasteiger partial charge on any atom is -0.347 e. The van der Waals surface area contributed by atoms with Crippen LogP contribution in [0.15, 0.2) is 22.7 Å². The fraction of sp³-hybridized carbons (Fsp3) is 0.429. The van der Waals surface area contributed by atoms with Crippen LogP contribution in [-0.2, 0) is 4.79 Å². The Bertz CT molecular complexity index is 545. The lowest BCUT2D eigenvalue weighted by Gasteiger charge is -2.36. The number of carbonyl (C=O) groups is 2. The van der Waals surface area contributed by atoms with Crippen molar-refractivity contribution in [3.05, 3.63) is 34.1 Å². The van der Waals surface area contributed by atoms with Crippen LogP contribution < -0.4 is 5.32 Å². The zero-order valence-corrected chi connectivity index (χ0v) is 13.5. The highest BCUT2D eigenvalue weighted by molar-refractivity contribution is 9.10. The smallest absolute Gasteiger partial charge is 0.254 e. The molecule has 0 radical (unpaired) electrons. The molecule has 1 aliphatic rings. The second kappa shape index (κ2) is 6.53. The van der Waals surface area contributed by atoms with E-state index in [4.69, 9.17) is 0 Å². The molecule has 1 aromatic rings. The Labute approximate surface area is 131 Å². The Morgan fingerprint density at radius 3 is 2.71 bits per heavy atom. The summed E-state index contributed by atoms with van der Waals surface area (Å²) in [5, 5.41) is 3.10. The lowest BCUT2D eigenvalue weighted by atomic mass is 10.1. The monoisotopic (exact) mass is 357 g/mol. The number of nitrogens with zero attached hydrogens (tertiary/aromatic N) is 2. The lowest BCUT2D eigenvalue weighted by molar-refractivity contribution is -0.134. The van der Waals surface area contributed by atoms with Crippen LogP contribution >= 0.6 is 15.9 Å². The van der Waals surface area contributed by atoms with Crippen molar-refractivity contribution in [2.75, 3.05) is 33.7 Å². The first kappa shape index (κ1) is 15.9. The highest BCUT2D eigenvalue weighted by Gasteiger charge is 2.33. The summed E-state index contributed by atoms with van der Waals surface area (Å²) in [6, 6.07) is 3.47. The predicted octanol–water partition coefficient (Wildman–Crippen LogP) is 1.09. The Balaban J connectivity index is 2.28. The number of amides is 2. The summed E-state index contributed by atoms with van der Waals surface area (Å²) >= 11 is 3.17. The SMILES string of the molecule is CN(C)C(=O)C1CNCCN1C(=O)c1cc(F)cc(Br)c1. The highest BCUT2D eigenvalue weighted by Crippen LogP contribution is 2.18. The maximum atomic E-state index is 13.5. The first-order chi connectivity index (χ1) is 9.90. The van der Waals surface area contributed by atoms with Gasteiger partial charge in [0.2, 0.25) is 5.91 Å². The van der Waals surface area contributed by atoms with E-state index in [-0.39, 0.29) is 17.4 Å². The third-order valence-corrected chi connectivity index (χ3v) is 3.80. The first-order valence-corrected chi connectivity index (χ1v) is 7.38. The van der Waals surface area contributed by atoms with Crippen LogP contribution in [-0.4, -0.2) is 61.4 Å². The maximum Gasteiger partial charge on any atom is 0.254 e. The lowest BCUT2D eigenvalue weighted by Crippen LogP contribution is -2.59. The minimum atomic E-state index is -0.566. The third-order valence-electron chi connectivity index (χ3n) is 3.34. The summed E-state index contributed by atoms with van der Waals surface area (Å²) in [5.41, 5.74) is 0.236. The van der Waals surface area contributed by atoms with E-state index in [0.717, 1.165) is 0 Å². The molecule has 1 atom stereocenters. The number of hydrogen-bond acceptors (Lipinski definition) is 3. The van der Waals surface area contributed by atoms with E-state index >= 15 is 0 Å². The molecule has 2 amide bonds. The van der Waals surface area contributed by atoms with Crippen LogP contribution in [0.2, 0.25) is 0 Å². The van der Waals surface area contributed by atoms with E-state index in [9.17, 15) is 14.0 Å². The number of carbonyl (C=O) groups excluding carboxylic acids is 2. The van der Waals surface area contributed by atoms with Gasteiger partial charge in [0.15, 0.2) is 0 Å². The van der Waals surface area contributed by atoms with E-state index in [0.29, 0.717) is 24.1 Å². The van der Waals surface area contributed by atoms with Crippen molar-refractivity contribution < 1.29 is 14.0 Å².